The minimum Gasteiger partial charge on any atom is -0.380 e. The minimum absolute atomic E-state index is 0.484. The van der Waals surface area contributed by atoms with E-state index in [0.717, 1.165) is 31.7 Å². The molecule has 0 amide bonds. The zero-order valence-corrected chi connectivity index (χ0v) is 10.4. The number of hydrogen-bond donors (Lipinski definition) is 1. The van der Waals surface area contributed by atoms with Gasteiger partial charge in [-0.25, -0.2) is 0 Å². The van der Waals surface area contributed by atoms with Gasteiger partial charge in [0.1, 0.15) is 0 Å². The normalized spacial score (nSPS) is 20.1. The van der Waals surface area contributed by atoms with Crippen LogP contribution in [0.5, 0.6) is 0 Å². The molecule has 3 heteroatoms. The number of para-hydroxylation sites is 1. The standard InChI is InChI=1S/C15H18N2O/c1-4-12-6-2-8-16-15(12)13(5-1)10-17-14-7-3-9-18-11-14/h1-2,4-6,8,14,17H,3,7,9-11H2. The molecule has 1 unspecified atom stereocenters. The van der Waals surface area contributed by atoms with Gasteiger partial charge in [0.25, 0.3) is 0 Å². The molecule has 0 aliphatic carbocycles. The van der Waals surface area contributed by atoms with Gasteiger partial charge in [-0.15, -0.1) is 0 Å². The maximum absolute atomic E-state index is 5.48. The van der Waals surface area contributed by atoms with Crippen molar-refractivity contribution >= 4 is 10.9 Å². The van der Waals surface area contributed by atoms with Crippen molar-refractivity contribution in [3.63, 3.8) is 0 Å². The van der Waals surface area contributed by atoms with Crippen LogP contribution in [0.15, 0.2) is 36.5 Å². The lowest BCUT2D eigenvalue weighted by atomic mass is 10.1. The molecule has 1 aromatic heterocycles. The summed E-state index contributed by atoms with van der Waals surface area (Å²) in [5, 5.41) is 4.77. The fourth-order valence-electron chi connectivity index (χ4n) is 2.47. The van der Waals surface area contributed by atoms with Crippen LogP contribution in [0.25, 0.3) is 10.9 Å². The highest BCUT2D eigenvalue weighted by atomic mass is 16.5. The molecule has 2 heterocycles. The second-order valence-corrected chi connectivity index (χ2v) is 4.79. The van der Waals surface area contributed by atoms with Crippen molar-refractivity contribution in [2.75, 3.05) is 13.2 Å². The van der Waals surface area contributed by atoms with Crippen molar-refractivity contribution in [2.45, 2.75) is 25.4 Å². The fourth-order valence-corrected chi connectivity index (χ4v) is 2.47. The molecule has 1 saturated heterocycles. The Labute approximate surface area is 107 Å². The van der Waals surface area contributed by atoms with Crippen molar-refractivity contribution in [3.05, 3.63) is 42.1 Å². The third kappa shape index (κ3) is 2.52. The summed E-state index contributed by atoms with van der Waals surface area (Å²) in [4.78, 5) is 4.47. The first-order valence-electron chi connectivity index (χ1n) is 6.57. The maximum Gasteiger partial charge on any atom is 0.0746 e. The van der Waals surface area contributed by atoms with Crippen LogP contribution < -0.4 is 5.32 Å². The Hall–Kier alpha value is -1.45. The lowest BCUT2D eigenvalue weighted by Crippen LogP contribution is -2.36. The maximum atomic E-state index is 5.48. The molecule has 3 rings (SSSR count). The quantitative estimate of drug-likeness (QED) is 0.898. The molecule has 1 aliphatic rings. The van der Waals surface area contributed by atoms with Gasteiger partial charge in [0.05, 0.1) is 12.1 Å². The molecule has 18 heavy (non-hydrogen) atoms. The first kappa shape index (κ1) is 11.6. The SMILES string of the molecule is c1cnc2c(CNC3CCCOC3)cccc2c1. The number of aromatic nitrogens is 1. The van der Waals surface area contributed by atoms with Gasteiger partial charge in [0.15, 0.2) is 0 Å². The van der Waals surface area contributed by atoms with E-state index in [1.165, 1.54) is 17.4 Å². The number of benzene rings is 1. The van der Waals surface area contributed by atoms with E-state index in [1.54, 1.807) is 0 Å². The van der Waals surface area contributed by atoms with Crippen molar-refractivity contribution in [2.24, 2.45) is 0 Å². The van der Waals surface area contributed by atoms with Crippen molar-refractivity contribution in [3.8, 4) is 0 Å². The van der Waals surface area contributed by atoms with E-state index < -0.39 is 0 Å². The summed E-state index contributed by atoms with van der Waals surface area (Å²) in [6, 6.07) is 10.9. The van der Waals surface area contributed by atoms with E-state index in [-0.39, 0.29) is 0 Å². The highest BCUT2D eigenvalue weighted by Gasteiger charge is 2.13. The molecule has 1 atom stereocenters. The summed E-state index contributed by atoms with van der Waals surface area (Å²) >= 11 is 0. The predicted octanol–water partition coefficient (Wildman–Crippen LogP) is 2.50. The molecule has 94 valence electrons. The monoisotopic (exact) mass is 242 g/mol. The Morgan fingerprint density at radius 1 is 1.28 bits per heavy atom. The molecule has 3 nitrogen and oxygen atoms in total. The van der Waals surface area contributed by atoms with Crippen molar-refractivity contribution < 1.29 is 4.74 Å². The molecule has 1 aromatic carbocycles. The summed E-state index contributed by atoms with van der Waals surface area (Å²) in [6.45, 7) is 2.61. The van der Waals surface area contributed by atoms with Crippen LogP contribution in [0.3, 0.4) is 0 Å². The molecule has 1 N–H and O–H groups in total. The first-order valence-corrected chi connectivity index (χ1v) is 6.57. The van der Waals surface area contributed by atoms with Crippen molar-refractivity contribution in [1.82, 2.24) is 10.3 Å². The second-order valence-electron chi connectivity index (χ2n) is 4.79. The number of rotatable bonds is 3. The largest absolute Gasteiger partial charge is 0.380 e. The molecular weight excluding hydrogens is 224 g/mol. The van der Waals surface area contributed by atoms with E-state index >= 15 is 0 Å². The highest BCUT2D eigenvalue weighted by Crippen LogP contribution is 2.16. The molecule has 0 spiro atoms. The topological polar surface area (TPSA) is 34.2 Å². The summed E-state index contributed by atoms with van der Waals surface area (Å²) < 4.78 is 5.48. The van der Waals surface area contributed by atoms with E-state index in [1.807, 2.05) is 12.3 Å². The van der Waals surface area contributed by atoms with Crippen LogP contribution in [-0.2, 0) is 11.3 Å². The van der Waals surface area contributed by atoms with Gasteiger partial charge in [-0.1, -0.05) is 24.3 Å². The summed E-state index contributed by atoms with van der Waals surface area (Å²) in [7, 11) is 0. The van der Waals surface area contributed by atoms with Crippen molar-refractivity contribution in [1.29, 1.82) is 0 Å². The average molecular weight is 242 g/mol. The number of nitrogens with zero attached hydrogens (tertiary/aromatic N) is 1. The van der Waals surface area contributed by atoms with Crippen LogP contribution in [0.4, 0.5) is 0 Å². The third-order valence-corrected chi connectivity index (χ3v) is 3.46. The Kier molecular flexibility index (Phi) is 3.53. The lowest BCUT2D eigenvalue weighted by Gasteiger charge is -2.23. The number of fused-ring (bicyclic) bond motifs is 1. The Morgan fingerprint density at radius 2 is 2.22 bits per heavy atom. The average Bonchev–Trinajstić information content (AvgIpc) is 2.46. The van der Waals surface area contributed by atoms with Gasteiger partial charge in [-0.3, -0.25) is 4.98 Å². The highest BCUT2D eigenvalue weighted by molar-refractivity contribution is 5.81. The molecule has 1 fully saturated rings. The lowest BCUT2D eigenvalue weighted by molar-refractivity contribution is 0.0700. The Morgan fingerprint density at radius 3 is 3.11 bits per heavy atom. The zero-order valence-electron chi connectivity index (χ0n) is 10.4. The second kappa shape index (κ2) is 5.46. The number of nitrogens with one attached hydrogen (secondary N) is 1. The molecular formula is C15H18N2O. The third-order valence-electron chi connectivity index (χ3n) is 3.46. The van der Waals surface area contributed by atoms with Crippen LogP contribution >= 0.6 is 0 Å². The van der Waals surface area contributed by atoms with Crippen LogP contribution in [-0.4, -0.2) is 24.2 Å². The number of pyridine rings is 1. The van der Waals surface area contributed by atoms with Gasteiger partial charge < -0.3 is 10.1 Å². The van der Waals surface area contributed by atoms with E-state index in [2.05, 4.69) is 34.6 Å². The van der Waals surface area contributed by atoms with Crippen LogP contribution in [0.1, 0.15) is 18.4 Å². The zero-order chi connectivity index (χ0) is 12.2. The van der Waals surface area contributed by atoms with Gasteiger partial charge in [0.2, 0.25) is 0 Å². The van der Waals surface area contributed by atoms with Gasteiger partial charge in [-0.2, -0.15) is 0 Å². The number of ether oxygens (including phenoxy) is 1. The molecule has 0 bridgehead atoms. The Bertz CT molecular complexity index is 515. The smallest absolute Gasteiger partial charge is 0.0746 e. The van der Waals surface area contributed by atoms with E-state index in [0.29, 0.717) is 6.04 Å². The first-order chi connectivity index (χ1) is 8.93. The van der Waals surface area contributed by atoms with Crippen LogP contribution in [0, 0.1) is 0 Å². The number of hydrogen-bond acceptors (Lipinski definition) is 3. The molecule has 1 aliphatic heterocycles. The summed E-state index contributed by atoms with van der Waals surface area (Å²) in [5.74, 6) is 0. The van der Waals surface area contributed by atoms with Gasteiger partial charge in [0, 0.05) is 30.8 Å². The van der Waals surface area contributed by atoms with Gasteiger partial charge in [-0.05, 0) is 24.5 Å². The van der Waals surface area contributed by atoms with Gasteiger partial charge >= 0.3 is 0 Å². The van der Waals surface area contributed by atoms with E-state index in [4.69, 9.17) is 4.74 Å². The van der Waals surface area contributed by atoms with E-state index in [9.17, 15) is 0 Å². The minimum atomic E-state index is 0.484. The summed E-state index contributed by atoms with van der Waals surface area (Å²) in [6.07, 6.45) is 4.22. The molecule has 2 aromatic rings. The molecule has 0 radical (unpaired) electrons. The fraction of sp³-hybridized carbons (Fsp3) is 0.400. The molecule has 0 saturated carbocycles. The van der Waals surface area contributed by atoms with Crippen LogP contribution in [0.2, 0.25) is 0 Å². The predicted molar refractivity (Wildman–Crippen MR) is 72.4 cm³/mol. The summed E-state index contributed by atoms with van der Waals surface area (Å²) in [5.41, 5.74) is 2.36. The Balaban J connectivity index is 1.74.